The van der Waals surface area contributed by atoms with Gasteiger partial charge < -0.3 is 5.32 Å². The van der Waals surface area contributed by atoms with Crippen LogP contribution in [0.15, 0.2) is 54.6 Å². The van der Waals surface area contributed by atoms with Gasteiger partial charge in [-0.15, -0.1) is 0 Å². The molecule has 2 amide bonds. The van der Waals surface area contributed by atoms with Gasteiger partial charge >= 0.3 is 6.03 Å². The van der Waals surface area contributed by atoms with Crippen molar-refractivity contribution in [1.29, 1.82) is 0 Å². The number of hydrogen-bond acceptors (Lipinski definition) is 3. The highest BCUT2D eigenvalue weighted by Gasteiger charge is 2.33. The van der Waals surface area contributed by atoms with Gasteiger partial charge in [-0.05, 0) is 49.2 Å². The van der Waals surface area contributed by atoms with Gasteiger partial charge in [-0.2, -0.15) is 0 Å². The van der Waals surface area contributed by atoms with Crippen molar-refractivity contribution in [3.05, 3.63) is 54.6 Å². The first-order chi connectivity index (χ1) is 11.4. The van der Waals surface area contributed by atoms with Gasteiger partial charge in [0.2, 0.25) is 10.0 Å². The second-order valence-electron chi connectivity index (χ2n) is 5.82. The van der Waals surface area contributed by atoms with Crippen molar-refractivity contribution in [2.75, 3.05) is 21.2 Å². The first-order valence-corrected chi connectivity index (χ1v) is 9.55. The third-order valence-electron chi connectivity index (χ3n) is 3.60. The van der Waals surface area contributed by atoms with Crippen LogP contribution in [0.4, 0.5) is 21.9 Å². The number of nitrogens with one attached hydrogen (secondary N) is 2. The maximum absolute atomic E-state index is 12.6. The maximum atomic E-state index is 12.6. The first-order valence-electron chi connectivity index (χ1n) is 7.65. The maximum Gasteiger partial charge on any atom is 0.326 e. The van der Waals surface area contributed by atoms with Crippen LogP contribution in [0.5, 0.6) is 0 Å². The summed E-state index contributed by atoms with van der Waals surface area (Å²) in [7, 11) is -3.31. The summed E-state index contributed by atoms with van der Waals surface area (Å²) in [5.74, 6) is 0. The van der Waals surface area contributed by atoms with Crippen LogP contribution in [-0.4, -0.2) is 26.7 Å². The van der Waals surface area contributed by atoms with E-state index in [1.807, 2.05) is 30.3 Å². The van der Waals surface area contributed by atoms with Crippen molar-refractivity contribution in [1.82, 2.24) is 0 Å². The number of benzene rings is 2. The molecule has 126 valence electrons. The van der Waals surface area contributed by atoms with Crippen molar-refractivity contribution >= 4 is 33.1 Å². The van der Waals surface area contributed by atoms with E-state index < -0.39 is 10.0 Å². The van der Waals surface area contributed by atoms with Gasteiger partial charge in [0, 0.05) is 23.1 Å². The summed E-state index contributed by atoms with van der Waals surface area (Å²) in [5, 5.41) is 2.89. The number of carbonyl (C=O) groups excluding carboxylic acids is 1. The number of urea groups is 1. The molecule has 0 unspecified atom stereocenters. The van der Waals surface area contributed by atoms with Crippen molar-refractivity contribution in [2.24, 2.45) is 0 Å². The van der Waals surface area contributed by atoms with E-state index in [1.165, 1.54) is 0 Å². The second-order valence-corrected chi connectivity index (χ2v) is 7.57. The summed E-state index contributed by atoms with van der Waals surface area (Å²) in [6, 6.07) is 16.1. The van der Waals surface area contributed by atoms with Gasteiger partial charge in [0.05, 0.1) is 6.26 Å². The van der Waals surface area contributed by atoms with Crippen molar-refractivity contribution in [3.8, 4) is 0 Å². The number of nitrogens with zero attached hydrogens (tertiary/aromatic N) is 1. The molecule has 0 aromatic heterocycles. The lowest BCUT2D eigenvalue weighted by Gasteiger charge is -2.23. The fourth-order valence-corrected chi connectivity index (χ4v) is 3.00. The molecule has 1 aliphatic rings. The molecule has 1 fully saturated rings. The molecule has 0 atom stereocenters. The number of carbonyl (C=O) groups is 1. The van der Waals surface area contributed by atoms with E-state index in [4.69, 9.17) is 0 Å². The molecule has 24 heavy (non-hydrogen) atoms. The van der Waals surface area contributed by atoms with Crippen LogP contribution in [-0.2, 0) is 10.0 Å². The van der Waals surface area contributed by atoms with Gasteiger partial charge in [0.25, 0.3) is 0 Å². The summed E-state index contributed by atoms with van der Waals surface area (Å²) < 4.78 is 24.9. The summed E-state index contributed by atoms with van der Waals surface area (Å²) in [4.78, 5) is 14.3. The molecule has 6 nitrogen and oxygen atoms in total. The summed E-state index contributed by atoms with van der Waals surface area (Å²) in [5.41, 5.74) is 1.95. The van der Waals surface area contributed by atoms with Gasteiger partial charge in [0.15, 0.2) is 0 Å². The molecule has 0 saturated heterocycles. The Morgan fingerprint density at radius 2 is 1.62 bits per heavy atom. The van der Waals surface area contributed by atoms with E-state index in [9.17, 15) is 13.2 Å². The van der Waals surface area contributed by atoms with Crippen molar-refractivity contribution in [3.63, 3.8) is 0 Å². The molecule has 0 spiro atoms. The first kappa shape index (κ1) is 16.3. The van der Waals surface area contributed by atoms with E-state index in [-0.39, 0.29) is 12.1 Å². The number of hydrogen-bond donors (Lipinski definition) is 2. The minimum absolute atomic E-state index is 0.183. The highest BCUT2D eigenvalue weighted by Crippen LogP contribution is 2.33. The lowest BCUT2D eigenvalue weighted by Crippen LogP contribution is -2.36. The summed E-state index contributed by atoms with van der Waals surface area (Å²) in [6.07, 6.45) is 3.03. The van der Waals surface area contributed by atoms with E-state index in [0.29, 0.717) is 5.69 Å². The third-order valence-corrected chi connectivity index (χ3v) is 4.21. The van der Waals surface area contributed by atoms with E-state index in [1.54, 1.807) is 29.2 Å². The normalized spacial score (nSPS) is 14.0. The Morgan fingerprint density at radius 3 is 2.17 bits per heavy atom. The topological polar surface area (TPSA) is 78.5 Å². The zero-order valence-electron chi connectivity index (χ0n) is 13.3. The van der Waals surface area contributed by atoms with Gasteiger partial charge in [-0.25, -0.2) is 13.2 Å². The minimum atomic E-state index is -3.31. The molecule has 0 radical (unpaired) electrons. The monoisotopic (exact) mass is 345 g/mol. The van der Waals surface area contributed by atoms with Crippen LogP contribution in [0, 0.1) is 0 Å². The van der Waals surface area contributed by atoms with Crippen LogP contribution in [0.25, 0.3) is 0 Å². The van der Waals surface area contributed by atoms with Crippen LogP contribution in [0.3, 0.4) is 0 Å². The predicted molar refractivity (Wildman–Crippen MR) is 95.9 cm³/mol. The smallest absolute Gasteiger partial charge is 0.308 e. The quantitative estimate of drug-likeness (QED) is 0.873. The van der Waals surface area contributed by atoms with Crippen LogP contribution < -0.4 is 14.9 Å². The van der Waals surface area contributed by atoms with E-state index >= 15 is 0 Å². The molecule has 3 rings (SSSR count). The molecule has 2 N–H and O–H groups in total. The fourth-order valence-electron chi connectivity index (χ4n) is 2.44. The molecule has 1 saturated carbocycles. The molecule has 0 aliphatic heterocycles. The van der Waals surface area contributed by atoms with Crippen LogP contribution >= 0.6 is 0 Å². The number of para-hydroxylation sites is 1. The fraction of sp³-hybridized carbons (Fsp3) is 0.235. The lowest BCUT2D eigenvalue weighted by atomic mass is 10.2. The zero-order valence-corrected chi connectivity index (χ0v) is 14.1. The lowest BCUT2D eigenvalue weighted by molar-refractivity contribution is 0.256. The Kier molecular flexibility index (Phi) is 4.44. The SMILES string of the molecule is CS(=O)(=O)Nc1ccc(N(C(=O)Nc2ccccc2)C2CC2)cc1. The molecule has 0 heterocycles. The van der Waals surface area contributed by atoms with Crippen LogP contribution in [0.2, 0.25) is 0 Å². The average molecular weight is 345 g/mol. The molecular weight excluding hydrogens is 326 g/mol. The Hall–Kier alpha value is -2.54. The van der Waals surface area contributed by atoms with Gasteiger partial charge in [-0.1, -0.05) is 18.2 Å². The number of amides is 2. The predicted octanol–water partition coefficient (Wildman–Crippen LogP) is 3.26. The number of anilines is 3. The number of rotatable bonds is 5. The van der Waals surface area contributed by atoms with E-state index in [0.717, 1.165) is 30.5 Å². The summed E-state index contributed by atoms with van der Waals surface area (Å²) >= 11 is 0. The zero-order chi connectivity index (χ0) is 17.2. The van der Waals surface area contributed by atoms with Gasteiger partial charge in [-0.3, -0.25) is 9.62 Å². The Balaban J connectivity index is 1.77. The average Bonchev–Trinajstić information content (AvgIpc) is 3.33. The molecule has 2 aromatic carbocycles. The Morgan fingerprint density at radius 1 is 1.00 bits per heavy atom. The highest BCUT2D eigenvalue weighted by atomic mass is 32.2. The molecule has 1 aliphatic carbocycles. The second kappa shape index (κ2) is 6.52. The van der Waals surface area contributed by atoms with Gasteiger partial charge in [0.1, 0.15) is 0 Å². The standard InChI is InChI=1S/C17H19N3O3S/c1-24(22,23)19-14-7-9-15(10-8-14)20(16-11-12-16)17(21)18-13-5-3-2-4-6-13/h2-10,16,19H,11-12H2,1H3,(H,18,21). The molecule has 7 heteroatoms. The molecular formula is C17H19N3O3S. The molecule has 2 aromatic rings. The largest absolute Gasteiger partial charge is 0.326 e. The highest BCUT2D eigenvalue weighted by molar-refractivity contribution is 7.92. The Bertz CT molecular complexity index is 816. The summed E-state index contributed by atoms with van der Waals surface area (Å²) in [6.45, 7) is 0. The van der Waals surface area contributed by atoms with Crippen molar-refractivity contribution in [2.45, 2.75) is 18.9 Å². The van der Waals surface area contributed by atoms with Crippen molar-refractivity contribution < 1.29 is 13.2 Å². The van der Waals surface area contributed by atoms with Crippen LogP contribution in [0.1, 0.15) is 12.8 Å². The minimum Gasteiger partial charge on any atom is -0.308 e. The molecule has 0 bridgehead atoms. The van der Waals surface area contributed by atoms with E-state index in [2.05, 4.69) is 10.0 Å². The Labute approximate surface area is 141 Å². The third kappa shape index (κ3) is 4.26. The number of sulfonamides is 1.